The Morgan fingerprint density at radius 3 is 2.30 bits per heavy atom. The van der Waals surface area contributed by atoms with Crippen LogP contribution in [0.2, 0.25) is 0 Å². The van der Waals surface area contributed by atoms with Gasteiger partial charge in [-0.1, -0.05) is 50.2 Å². The lowest BCUT2D eigenvalue weighted by Gasteiger charge is -2.21. The van der Waals surface area contributed by atoms with E-state index in [1.807, 2.05) is 19.9 Å². The van der Waals surface area contributed by atoms with Gasteiger partial charge in [0.2, 0.25) is 5.91 Å². The van der Waals surface area contributed by atoms with Crippen LogP contribution in [0.25, 0.3) is 0 Å². The van der Waals surface area contributed by atoms with Crippen LogP contribution in [-0.4, -0.2) is 24.2 Å². The fourth-order valence-electron chi connectivity index (χ4n) is 2.95. The Kier molecular flexibility index (Phi) is 7.86. The molecule has 1 unspecified atom stereocenters. The zero-order valence-corrected chi connectivity index (χ0v) is 17.0. The van der Waals surface area contributed by atoms with E-state index in [2.05, 4.69) is 15.4 Å². The van der Waals surface area contributed by atoms with E-state index in [0.29, 0.717) is 12.0 Å². The minimum atomic E-state index is -4.83. The van der Waals surface area contributed by atoms with E-state index in [9.17, 15) is 22.8 Å². The van der Waals surface area contributed by atoms with Gasteiger partial charge in [-0.05, 0) is 37.0 Å². The Bertz CT molecular complexity index is 882. The van der Waals surface area contributed by atoms with Crippen LogP contribution in [-0.2, 0) is 11.3 Å². The van der Waals surface area contributed by atoms with Gasteiger partial charge in [0, 0.05) is 17.7 Å². The van der Waals surface area contributed by atoms with Crippen molar-refractivity contribution >= 4 is 11.8 Å². The van der Waals surface area contributed by atoms with E-state index < -0.39 is 18.3 Å². The molecule has 0 aliphatic heterocycles. The summed E-state index contributed by atoms with van der Waals surface area (Å²) in [7, 11) is 0. The van der Waals surface area contributed by atoms with E-state index in [1.165, 1.54) is 18.2 Å². The molecule has 2 aromatic rings. The van der Waals surface area contributed by atoms with Crippen LogP contribution in [0, 0.1) is 12.8 Å². The molecule has 2 aromatic carbocycles. The smallest absolute Gasteiger partial charge is 0.405 e. The van der Waals surface area contributed by atoms with Gasteiger partial charge in [-0.3, -0.25) is 9.59 Å². The second-order valence-corrected chi connectivity index (χ2v) is 7.34. The Hall–Kier alpha value is -3.03. The SMILES string of the molecule is Cc1ccccc1C(=O)NC(CC(C)C)C(=O)NCc1ccccc1OC(F)(F)F. The number of carbonyl (C=O) groups excluding carboxylic acids is 2. The van der Waals surface area contributed by atoms with Gasteiger partial charge in [0.25, 0.3) is 5.91 Å². The molecule has 2 rings (SSSR count). The summed E-state index contributed by atoms with van der Waals surface area (Å²) in [6, 6.07) is 11.8. The van der Waals surface area contributed by atoms with E-state index in [4.69, 9.17) is 0 Å². The number of halogens is 3. The van der Waals surface area contributed by atoms with Crippen LogP contribution in [0.1, 0.15) is 41.8 Å². The molecular weight excluding hydrogens is 397 g/mol. The van der Waals surface area contributed by atoms with E-state index >= 15 is 0 Å². The largest absolute Gasteiger partial charge is 0.573 e. The van der Waals surface area contributed by atoms with E-state index in [0.717, 1.165) is 5.56 Å². The number of aryl methyl sites for hydroxylation is 1. The number of hydrogen-bond acceptors (Lipinski definition) is 3. The topological polar surface area (TPSA) is 67.4 Å². The number of para-hydroxylation sites is 1. The predicted molar refractivity (Wildman–Crippen MR) is 107 cm³/mol. The maximum Gasteiger partial charge on any atom is 0.573 e. The summed E-state index contributed by atoms with van der Waals surface area (Å²) in [5.74, 6) is -1.13. The van der Waals surface area contributed by atoms with Crippen LogP contribution in [0.4, 0.5) is 13.2 Å². The summed E-state index contributed by atoms with van der Waals surface area (Å²) in [6.45, 7) is 5.45. The summed E-state index contributed by atoms with van der Waals surface area (Å²) in [4.78, 5) is 25.3. The highest BCUT2D eigenvalue weighted by atomic mass is 19.4. The second kappa shape index (κ2) is 10.1. The van der Waals surface area contributed by atoms with Crippen LogP contribution >= 0.6 is 0 Å². The van der Waals surface area contributed by atoms with Crippen molar-refractivity contribution in [3.8, 4) is 5.75 Å². The number of ether oxygens (including phenoxy) is 1. The molecule has 1 atom stereocenters. The lowest BCUT2D eigenvalue weighted by atomic mass is 10.0. The molecule has 0 radical (unpaired) electrons. The molecule has 0 aliphatic rings. The monoisotopic (exact) mass is 422 g/mol. The van der Waals surface area contributed by atoms with Crippen LogP contribution in [0.5, 0.6) is 5.75 Å². The van der Waals surface area contributed by atoms with Crippen molar-refractivity contribution in [1.29, 1.82) is 0 Å². The summed E-state index contributed by atoms with van der Waals surface area (Å²) >= 11 is 0. The molecule has 30 heavy (non-hydrogen) atoms. The molecular formula is C22H25F3N2O3. The molecule has 0 aromatic heterocycles. The lowest BCUT2D eigenvalue weighted by molar-refractivity contribution is -0.274. The highest BCUT2D eigenvalue weighted by Crippen LogP contribution is 2.26. The average Bonchev–Trinajstić information content (AvgIpc) is 2.65. The molecule has 0 saturated heterocycles. The molecule has 0 heterocycles. The van der Waals surface area contributed by atoms with Gasteiger partial charge < -0.3 is 15.4 Å². The molecule has 2 N–H and O–H groups in total. The Balaban J connectivity index is 2.09. The maximum absolute atomic E-state index is 12.7. The first kappa shape index (κ1) is 23.3. The standard InChI is InChI=1S/C22H25F3N2O3/c1-14(2)12-18(27-20(28)17-10-6-4-8-15(17)3)21(29)26-13-16-9-5-7-11-19(16)30-22(23,24)25/h4-11,14,18H,12-13H2,1-3H3,(H,26,29)(H,27,28). The fourth-order valence-corrected chi connectivity index (χ4v) is 2.95. The van der Waals surface area contributed by atoms with Crippen molar-refractivity contribution in [2.75, 3.05) is 0 Å². The third-order valence-corrected chi connectivity index (χ3v) is 4.37. The Labute approximate surface area is 173 Å². The Morgan fingerprint density at radius 1 is 1.03 bits per heavy atom. The van der Waals surface area contributed by atoms with Crippen LogP contribution in [0.15, 0.2) is 48.5 Å². The molecule has 162 valence electrons. The molecule has 0 bridgehead atoms. The van der Waals surface area contributed by atoms with Crippen molar-refractivity contribution in [3.63, 3.8) is 0 Å². The molecule has 0 saturated carbocycles. The number of carbonyl (C=O) groups is 2. The van der Waals surface area contributed by atoms with Crippen molar-refractivity contribution in [3.05, 3.63) is 65.2 Å². The summed E-state index contributed by atoms with van der Waals surface area (Å²) < 4.78 is 41.7. The van der Waals surface area contributed by atoms with Gasteiger partial charge in [-0.25, -0.2) is 0 Å². The molecule has 0 aliphatic carbocycles. The Morgan fingerprint density at radius 2 is 1.67 bits per heavy atom. The first-order chi connectivity index (χ1) is 14.1. The van der Waals surface area contributed by atoms with Gasteiger partial charge in [-0.2, -0.15) is 0 Å². The van der Waals surface area contributed by atoms with Crippen molar-refractivity contribution in [2.24, 2.45) is 5.92 Å². The number of nitrogens with one attached hydrogen (secondary N) is 2. The van der Waals surface area contributed by atoms with Gasteiger partial charge in [0.05, 0.1) is 0 Å². The van der Waals surface area contributed by atoms with Gasteiger partial charge in [-0.15, -0.1) is 13.2 Å². The third kappa shape index (κ3) is 7.09. The number of amides is 2. The number of benzene rings is 2. The maximum atomic E-state index is 12.7. The molecule has 0 spiro atoms. The van der Waals surface area contributed by atoms with Crippen molar-refractivity contribution in [1.82, 2.24) is 10.6 Å². The first-order valence-electron chi connectivity index (χ1n) is 9.54. The predicted octanol–water partition coefficient (Wildman–Crippen LogP) is 4.35. The van der Waals surface area contributed by atoms with Crippen LogP contribution in [0.3, 0.4) is 0 Å². The number of rotatable bonds is 8. The highest BCUT2D eigenvalue weighted by molar-refractivity contribution is 5.98. The van der Waals surface area contributed by atoms with Crippen molar-refractivity contribution < 1.29 is 27.5 Å². The summed E-state index contributed by atoms with van der Waals surface area (Å²) in [5.41, 5.74) is 1.41. The normalized spacial score (nSPS) is 12.4. The minimum absolute atomic E-state index is 0.110. The highest BCUT2D eigenvalue weighted by Gasteiger charge is 2.32. The third-order valence-electron chi connectivity index (χ3n) is 4.37. The second-order valence-electron chi connectivity index (χ2n) is 7.34. The molecule has 8 heteroatoms. The lowest BCUT2D eigenvalue weighted by Crippen LogP contribution is -2.47. The zero-order valence-electron chi connectivity index (χ0n) is 17.0. The average molecular weight is 422 g/mol. The van der Waals surface area contributed by atoms with Gasteiger partial charge in [0.15, 0.2) is 0 Å². The first-order valence-corrected chi connectivity index (χ1v) is 9.54. The number of hydrogen-bond donors (Lipinski definition) is 2. The quantitative estimate of drug-likeness (QED) is 0.665. The molecule has 0 fully saturated rings. The van der Waals surface area contributed by atoms with Crippen LogP contribution < -0.4 is 15.4 Å². The molecule has 5 nitrogen and oxygen atoms in total. The van der Waals surface area contributed by atoms with E-state index in [-0.39, 0.29) is 29.7 Å². The molecule has 2 amide bonds. The summed E-state index contributed by atoms with van der Waals surface area (Å²) in [6.07, 6.45) is -4.45. The number of alkyl halides is 3. The summed E-state index contributed by atoms with van der Waals surface area (Å²) in [5, 5.41) is 5.33. The zero-order chi connectivity index (χ0) is 22.3. The van der Waals surface area contributed by atoms with E-state index in [1.54, 1.807) is 31.2 Å². The van der Waals surface area contributed by atoms with Gasteiger partial charge >= 0.3 is 6.36 Å². The minimum Gasteiger partial charge on any atom is -0.405 e. The fraction of sp³-hybridized carbons (Fsp3) is 0.364. The van der Waals surface area contributed by atoms with Gasteiger partial charge in [0.1, 0.15) is 11.8 Å². The van der Waals surface area contributed by atoms with Crippen molar-refractivity contribution in [2.45, 2.75) is 46.1 Å².